The van der Waals surface area contributed by atoms with Gasteiger partial charge in [0.25, 0.3) is 0 Å². The van der Waals surface area contributed by atoms with Crippen LogP contribution < -0.4 is 5.32 Å². The Bertz CT molecular complexity index is 225. The maximum atomic E-state index is 11.6. The minimum absolute atomic E-state index is 0.0388. The molecule has 1 aliphatic carbocycles. The zero-order valence-corrected chi connectivity index (χ0v) is 10.0. The molecule has 2 rings (SSSR count). The Balaban J connectivity index is 1.84. The van der Waals surface area contributed by atoms with Crippen molar-refractivity contribution in [2.24, 2.45) is 5.92 Å². The molecule has 15 heavy (non-hydrogen) atoms. The Kier molecular flexibility index (Phi) is 3.92. The van der Waals surface area contributed by atoms with Crippen LogP contribution in [0.1, 0.15) is 25.7 Å². The number of ether oxygens (including phenoxy) is 1. The summed E-state index contributed by atoms with van der Waals surface area (Å²) < 4.78 is 4.85. The van der Waals surface area contributed by atoms with Crippen LogP contribution >= 0.6 is 11.8 Å². The van der Waals surface area contributed by atoms with Gasteiger partial charge in [-0.05, 0) is 43.1 Å². The van der Waals surface area contributed by atoms with Crippen LogP contribution in [0, 0.1) is 5.92 Å². The molecule has 0 aromatic heterocycles. The van der Waals surface area contributed by atoms with Gasteiger partial charge in [-0.15, -0.1) is 0 Å². The van der Waals surface area contributed by atoms with Crippen molar-refractivity contribution >= 4 is 17.7 Å². The number of hydrogen-bond acceptors (Lipinski definition) is 4. The van der Waals surface area contributed by atoms with Gasteiger partial charge in [-0.2, -0.15) is 11.8 Å². The monoisotopic (exact) mass is 229 g/mol. The van der Waals surface area contributed by atoms with E-state index in [4.69, 9.17) is 4.74 Å². The first-order chi connectivity index (χ1) is 7.31. The van der Waals surface area contributed by atoms with E-state index in [0.717, 1.165) is 0 Å². The number of esters is 1. The second-order valence-electron chi connectivity index (χ2n) is 4.39. The van der Waals surface area contributed by atoms with Gasteiger partial charge in [0.2, 0.25) is 0 Å². The average molecular weight is 229 g/mol. The third-order valence-corrected chi connectivity index (χ3v) is 4.23. The summed E-state index contributed by atoms with van der Waals surface area (Å²) in [6.07, 6.45) is 4.72. The summed E-state index contributed by atoms with van der Waals surface area (Å²) in [6.45, 7) is 0. The molecule has 1 heterocycles. The Labute approximate surface area is 95.3 Å². The van der Waals surface area contributed by atoms with Crippen LogP contribution in [-0.4, -0.2) is 36.7 Å². The summed E-state index contributed by atoms with van der Waals surface area (Å²) >= 11 is 2.01. The highest BCUT2D eigenvalue weighted by atomic mass is 32.2. The highest BCUT2D eigenvalue weighted by Crippen LogP contribution is 2.34. The molecule has 1 aliphatic heterocycles. The number of hydrogen-bond donors (Lipinski definition) is 1. The molecule has 1 saturated carbocycles. The topological polar surface area (TPSA) is 38.3 Å². The normalized spacial score (nSPS) is 24.9. The molecule has 1 saturated heterocycles. The molecule has 1 unspecified atom stereocenters. The summed E-state index contributed by atoms with van der Waals surface area (Å²) in [4.78, 5) is 11.6. The van der Waals surface area contributed by atoms with Gasteiger partial charge in [0.05, 0.1) is 7.11 Å². The van der Waals surface area contributed by atoms with Gasteiger partial charge < -0.3 is 10.1 Å². The zero-order valence-electron chi connectivity index (χ0n) is 9.20. The van der Waals surface area contributed by atoms with Crippen LogP contribution in [0.15, 0.2) is 0 Å². The molecule has 0 amide bonds. The molecule has 0 aromatic carbocycles. The largest absolute Gasteiger partial charge is 0.468 e. The fraction of sp³-hybridized carbons (Fsp3) is 0.909. The van der Waals surface area contributed by atoms with Gasteiger partial charge in [-0.3, -0.25) is 4.79 Å². The van der Waals surface area contributed by atoms with Gasteiger partial charge in [0.15, 0.2) is 0 Å². The van der Waals surface area contributed by atoms with E-state index < -0.39 is 0 Å². The second kappa shape index (κ2) is 5.21. The van der Waals surface area contributed by atoms with Crippen molar-refractivity contribution < 1.29 is 9.53 Å². The van der Waals surface area contributed by atoms with E-state index in [1.54, 1.807) is 0 Å². The van der Waals surface area contributed by atoms with Crippen LogP contribution in [0.2, 0.25) is 0 Å². The maximum absolute atomic E-state index is 11.6. The number of methoxy groups -OCH3 is 1. The summed E-state index contributed by atoms with van der Waals surface area (Å²) in [5, 5.41) is 3.48. The van der Waals surface area contributed by atoms with E-state index in [9.17, 15) is 4.79 Å². The lowest BCUT2D eigenvalue weighted by Crippen LogP contribution is -2.46. The van der Waals surface area contributed by atoms with E-state index in [1.165, 1.54) is 44.3 Å². The lowest BCUT2D eigenvalue weighted by Gasteiger charge is -2.26. The van der Waals surface area contributed by atoms with Crippen molar-refractivity contribution in [3.63, 3.8) is 0 Å². The Morgan fingerprint density at radius 1 is 1.33 bits per heavy atom. The average Bonchev–Trinajstić information content (AvgIpc) is 3.10. The van der Waals surface area contributed by atoms with E-state index in [0.29, 0.717) is 12.0 Å². The van der Waals surface area contributed by atoms with E-state index in [-0.39, 0.29) is 12.0 Å². The summed E-state index contributed by atoms with van der Waals surface area (Å²) in [5.74, 6) is 2.90. The quantitative estimate of drug-likeness (QED) is 0.740. The van der Waals surface area contributed by atoms with E-state index >= 15 is 0 Å². The summed E-state index contributed by atoms with van der Waals surface area (Å²) in [6, 6.07) is 0.485. The van der Waals surface area contributed by atoms with Gasteiger partial charge in [0, 0.05) is 6.04 Å². The SMILES string of the molecule is COC(=O)C(NC1CCSCC1)C1CC1. The van der Waals surface area contributed by atoms with Gasteiger partial charge in [0.1, 0.15) is 6.04 Å². The van der Waals surface area contributed by atoms with Crippen molar-refractivity contribution in [1.82, 2.24) is 5.32 Å². The number of thioether (sulfide) groups is 1. The Morgan fingerprint density at radius 3 is 2.53 bits per heavy atom. The number of carbonyl (C=O) groups excluding carboxylic acids is 1. The first-order valence-electron chi connectivity index (χ1n) is 5.73. The molecular weight excluding hydrogens is 210 g/mol. The molecule has 4 heteroatoms. The van der Waals surface area contributed by atoms with E-state index in [1.807, 2.05) is 11.8 Å². The molecule has 0 spiro atoms. The van der Waals surface area contributed by atoms with Gasteiger partial charge >= 0.3 is 5.97 Å². The molecule has 3 nitrogen and oxygen atoms in total. The van der Waals surface area contributed by atoms with Crippen molar-refractivity contribution in [1.29, 1.82) is 0 Å². The molecule has 86 valence electrons. The van der Waals surface area contributed by atoms with Crippen molar-refractivity contribution in [3.05, 3.63) is 0 Å². The van der Waals surface area contributed by atoms with Crippen LogP contribution in [0.3, 0.4) is 0 Å². The number of carbonyl (C=O) groups is 1. The van der Waals surface area contributed by atoms with Crippen molar-refractivity contribution in [3.8, 4) is 0 Å². The first kappa shape index (κ1) is 11.3. The molecule has 0 bridgehead atoms. The van der Waals surface area contributed by atoms with Crippen LogP contribution in [0.25, 0.3) is 0 Å². The first-order valence-corrected chi connectivity index (χ1v) is 6.88. The molecule has 2 fully saturated rings. The highest BCUT2D eigenvalue weighted by molar-refractivity contribution is 7.99. The van der Waals surface area contributed by atoms with E-state index in [2.05, 4.69) is 5.32 Å². The van der Waals surface area contributed by atoms with Crippen LogP contribution in [-0.2, 0) is 9.53 Å². The highest BCUT2D eigenvalue weighted by Gasteiger charge is 2.38. The fourth-order valence-electron chi connectivity index (χ4n) is 2.07. The van der Waals surface area contributed by atoms with Crippen LogP contribution in [0.4, 0.5) is 0 Å². The number of rotatable bonds is 4. The van der Waals surface area contributed by atoms with Crippen LogP contribution in [0.5, 0.6) is 0 Å². The molecule has 0 aromatic rings. The third-order valence-electron chi connectivity index (χ3n) is 3.19. The smallest absolute Gasteiger partial charge is 0.323 e. The molecule has 1 atom stereocenters. The minimum atomic E-state index is -0.0734. The Hall–Kier alpha value is -0.220. The zero-order chi connectivity index (χ0) is 10.7. The lowest BCUT2D eigenvalue weighted by atomic mass is 10.1. The predicted molar refractivity (Wildman–Crippen MR) is 62.0 cm³/mol. The molecule has 2 aliphatic rings. The third kappa shape index (κ3) is 3.11. The Morgan fingerprint density at radius 2 is 2.00 bits per heavy atom. The van der Waals surface area contributed by atoms with Gasteiger partial charge in [-0.25, -0.2) is 0 Å². The summed E-state index contributed by atoms with van der Waals surface area (Å²) in [5.41, 5.74) is 0. The predicted octanol–water partition coefficient (Wildman–Crippen LogP) is 1.42. The second-order valence-corrected chi connectivity index (χ2v) is 5.62. The number of nitrogens with one attached hydrogen (secondary N) is 1. The molecule has 1 N–H and O–H groups in total. The lowest BCUT2D eigenvalue weighted by molar-refractivity contribution is -0.144. The molecular formula is C11H19NO2S. The van der Waals surface area contributed by atoms with Crippen molar-refractivity contribution in [2.45, 2.75) is 37.8 Å². The molecule has 0 radical (unpaired) electrons. The van der Waals surface area contributed by atoms with Gasteiger partial charge in [-0.1, -0.05) is 0 Å². The standard InChI is InChI=1S/C11H19NO2S/c1-14-11(13)10(8-2-3-8)12-9-4-6-15-7-5-9/h8-10,12H,2-7H2,1H3. The maximum Gasteiger partial charge on any atom is 0.323 e. The van der Waals surface area contributed by atoms with Crippen molar-refractivity contribution in [2.75, 3.05) is 18.6 Å². The minimum Gasteiger partial charge on any atom is -0.468 e. The fourth-order valence-corrected chi connectivity index (χ4v) is 3.18. The summed E-state index contributed by atoms with van der Waals surface area (Å²) in [7, 11) is 1.48.